The molecule has 2 fully saturated rings. The Hall–Kier alpha value is -1.96. The summed E-state index contributed by atoms with van der Waals surface area (Å²) >= 11 is 0. The number of fused-ring (bicyclic) bond motifs is 1. The molecule has 5 nitrogen and oxygen atoms in total. The van der Waals surface area contributed by atoms with Crippen molar-refractivity contribution in [1.82, 2.24) is 15.8 Å². The van der Waals surface area contributed by atoms with E-state index in [1.165, 1.54) is 6.08 Å². The van der Waals surface area contributed by atoms with Gasteiger partial charge < -0.3 is 16.1 Å². The molecule has 8 heteroatoms. The predicted molar refractivity (Wildman–Crippen MR) is 110 cm³/mol. The van der Waals surface area contributed by atoms with Gasteiger partial charge in [-0.1, -0.05) is 33.6 Å². The smallest absolute Gasteiger partial charge is 0.385 e. The number of hydrazine groups is 1. The van der Waals surface area contributed by atoms with Crippen molar-refractivity contribution >= 4 is 5.91 Å². The van der Waals surface area contributed by atoms with Gasteiger partial charge in [0.1, 0.15) is 5.82 Å². The zero-order valence-corrected chi connectivity index (χ0v) is 18.2. The molecule has 168 valence electrons. The van der Waals surface area contributed by atoms with Crippen molar-refractivity contribution in [3.63, 3.8) is 0 Å². The summed E-state index contributed by atoms with van der Waals surface area (Å²) < 4.78 is 40.9. The average Bonchev–Trinajstić information content (AvgIpc) is 3.13. The summed E-state index contributed by atoms with van der Waals surface area (Å²) in [5.41, 5.74) is 9.99. The van der Waals surface area contributed by atoms with Gasteiger partial charge in [0.2, 0.25) is 5.91 Å². The summed E-state index contributed by atoms with van der Waals surface area (Å²) in [5, 5.41) is 4.58. The minimum atomic E-state index is -4.48. The fourth-order valence-electron chi connectivity index (χ4n) is 4.76. The second-order valence-electron chi connectivity index (χ2n) is 9.78. The summed E-state index contributed by atoms with van der Waals surface area (Å²) in [4.78, 5) is 12.6. The van der Waals surface area contributed by atoms with Crippen LogP contribution in [0.25, 0.3) is 0 Å². The summed E-state index contributed by atoms with van der Waals surface area (Å²) in [5.74, 6) is 0.0831. The maximum absolute atomic E-state index is 13.6. The normalized spacial score (nSPS) is 27.8. The SMILES string of the molecule is C/C(=C(\C=C(/N)NC(=O)[C@H]1CCCC(C)C1)C1=C2CC(C)(C)CN2NC1)C(F)(F)F. The Kier molecular flexibility index (Phi) is 6.28. The molecule has 0 bridgehead atoms. The molecule has 2 aliphatic heterocycles. The van der Waals surface area contributed by atoms with Crippen LogP contribution >= 0.6 is 0 Å². The Labute approximate surface area is 176 Å². The van der Waals surface area contributed by atoms with Crippen molar-refractivity contribution in [2.75, 3.05) is 13.1 Å². The van der Waals surface area contributed by atoms with Gasteiger partial charge in [0.15, 0.2) is 0 Å². The second kappa shape index (κ2) is 8.29. The van der Waals surface area contributed by atoms with Crippen LogP contribution in [0, 0.1) is 17.3 Å². The molecule has 2 atom stereocenters. The Morgan fingerprint density at radius 1 is 1.33 bits per heavy atom. The molecule has 1 saturated carbocycles. The van der Waals surface area contributed by atoms with Crippen molar-refractivity contribution < 1.29 is 18.0 Å². The number of carbonyl (C=O) groups excluding carboxylic acids is 1. The number of nitrogens with zero attached hydrogens (tertiary/aromatic N) is 1. The zero-order valence-electron chi connectivity index (χ0n) is 18.2. The first kappa shape index (κ1) is 22.7. The second-order valence-corrected chi connectivity index (χ2v) is 9.78. The van der Waals surface area contributed by atoms with Crippen LogP contribution in [0.4, 0.5) is 13.2 Å². The maximum Gasteiger partial charge on any atom is 0.413 e. The van der Waals surface area contributed by atoms with Crippen LogP contribution in [0.3, 0.4) is 0 Å². The molecule has 0 aromatic heterocycles. The van der Waals surface area contributed by atoms with Crippen molar-refractivity contribution in [1.29, 1.82) is 0 Å². The van der Waals surface area contributed by atoms with Gasteiger partial charge in [0.05, 0.1) is 0 Å². The van der Waals surface area contributed by atoms with Crippen LogP contribution in [-0.4, -0.2) is 30.2 Å². The number of rotatable bonds is 4. The van der Waals surface area contributed by atoms with Gasteiger partial charge in [0.25, 0.3) is 0 Å². The average molecular weight is 427 g/mol. The Morgan fingerprint density at radius 2 is 2.03 bits per heavy atom. The van der Waals surface area contributed by atoms with Crippen LogP contribution < -0.4 is 16.5 Å². The molecular weight excluding hydrogens is 393 g/mol. The van der Waals surface area contributed by atoms with Crippen LogP contribution in [0.5, 0.6) is 0 Å². The van der Waals surface area contributed by atoms with E-state index in [4.69, 9.17) is 5.73 Å². The molecule has 30 heavy (non-hydrogen) atoms. The first-order valence-electron chi connectivity index (χ1n) is 10.7. The van der Waals surface area contributed by atoms with E-state index in [9.17, 15) is 18.0 Å². The minimum absolute atomic E-state index is 0.0214. The monoisotopic (exact) mass is 426 g/mol. The largest absolute Gasteiger partial charge is 0.413 e. The van der Waals surface area contributed by atoms with Crippen molar-refractivity contribution in [2.24, 2.45) is 23.0 Å². The van der Waals surface area contributed by atoms with Gasteiger partial charge in [0, 0.05) is 30.3 Å². The van der Waals surface area contributed by atoms with Gasteiger partial charge in [-0.25, -0.2) is 5.43 Å². The first-order chi connectivity index (χ1) is 13.9. The fourth-order valence-corrected chi connectivity index (χ4v) is 4.76. The Bertz CT molecular complexity index is 795. The standard InChI is InChI=1S/C22H33F3N4O/c1-13-6-5-7-15(8-13)20(30)28-19(26)9-16(14(2)22(23,24)25)17-11-27-29-12-21(3,4)10-18(17)29/h9,13,15,27H,5-8,10-12,26H2,1-4H3,(H,28,30)/b16-14-,19-9+/t13?,15-/m0/s1. The number of alkyl halides is 3. The van der Waals surface area contributed by atoms with E-state index in [-0.39, 0.29) is 28.6 Å². The third-order valence-electron chi connectivity index (χ3n) is 6.38. The lowest BCUT2D eigenvalue weighted by Gasteiger charge is -2.25. The maximum atomic E-state index is 13.6. The Balaban J connectivity index is 1.89. The lowest BCUT2D eigenvalue weighted by atomic mass is 9.82. The van der Waals surface area contributed by atoms with Crippen LogP contribution in [0.1, 0.15) is 59.8 Å². The number of amides is 1. The summed E-state index contributed by atoms with van der Waals surface area (Å²) in [6.45, 7) is 8.41. The highest BCUT2D eigenvalue weighted by atomic mass is 19.4. The molecule has 1 unspecified atom stereocenters. The van der Waals surface area contributed by atoms with E-state index in [1.807, 2.05) is 5.01 Å². The number of hydrogen-bond acceptors (Lipinski definition) is 4. The molecule has 0 radical (unpaired) electrons. The predicted octanol–water partition coefficient (Wildman–Crippen LogP) is 4.11. The molecule has 0 aromatic carbocycles. The Morgan fingerprint density at radius 3 is 2.67 bits per heavy atom. The van der Waals surface area contributed by atoms with Gasteiger partial charge >= 0.3 is 6.18 Å². The van der Waals surface area contributed by atoms with Crippen LogP contribution in [0.15, 0.2) is 34.3 Å². The van der Waals surface area contributed by atoms with Crippen molar-refractivity contribution in [2.45, 2.75) is 66.0 Å². The molecule has 1 saturated heterocycles. The van der Waals surface area contributed by atoms with Gasteiger partial charge in [-0.05, 0) is 54.7 Å². The fraction of sp³-hybridized carbons (Fsp3) is 0.682. The molecule has 1 aliphatic carbocycles. The molecular formula is C22H33F3N4O. The third-order valence-corrected chi connectivity index (χ3v) is 6.38. The highest BCUT2D eigenvalue weighted by Crippen LogP contribution is 2.42. The third kappa shape index (κ3) is 5.02. The van der Waals surface area contributed by atoms with Gasteiger partial charge in [-0.15, -0.1) is 0 Å². The number of nitrogens with two attached hydrogens (primary N) is 1. The van der Waals surface area contributed by atoms with Crippen molar-refractivity contribution in [3.8, 4) is 0 Å². The highest BCUT2D eigenvalue weighted by molar-refractivity contribution is 5.80. The van der Waals surface area contributed by atoms with Crippen LogP contribution in [0.2, 0.25) is 0 Å². The van der Waals surface area contributed by atoms with Gasteiger partial charge in [-0.3, -0.25) is 4.79 Å². The molecule has 0 aromatic rings. The highest BCUT2D eigenvalue weighted by Gasteiger charge is 2.40. The zero-order chi connectivity index (χ0) is 22.3. The lowest BCUT2D eigenvalue weighted by Crippen LogP contribution is -2.35. The van der Waals surface area contributed by atoms with E-state index in [2.05, 4.69) is 31.5 Å². The first-order valence-corrected chi connectivity index (χ1v) is 10.7. The van der Waals surface area contributed by atoms with Gasteiger partial charge in [-0.2, -0.15) is 13.2 Å². The van der Waals surface area contributed by atoms with E-state index in [0.717, 1.165) is 44.8 Å². The summed E-state index contributed by atoms with van der Waals surface area (Å²) in [6, 6.07) is 0. The number of allylic oxidation sites excluding steroid dienone is 3. The van der Waals surface area contributed by atoms with E-state index in [0.29, 0.717) is 24.5 Å². The van der Waals surface area contributed by atoms with Crippen molar-refractivity contribution in [3.05, 3.63) is 34.3 Å². The van der Waals surface area contributed by atoms with E-state index in [1.54, 1.807) is 0 Å². The number of hydrogen-bond donors (Lipinski definition) is 3. The topological polar surface area (TPSA) is 70.4 Å². The molecule has 0 spiro atoms. The number of carbonyl (C=O) groups is 1. The summed E-state index contributed by atoms with van der Waals surface area (Å²) in [6.07, 6.45) is 1.14. The van der Waals surface area contributed by atoms with Crippen LogP contribution in [-0.2, 0) is 4.79 Å². The molecule has 3 rings (SSSR count). The minimum Gasteiger partial charge on any atom is -0.385 e. The van der Waals surface area contributed by atoms with E-state index >= 15 is 0 Å². The quantitative estimate of drug-likeness (QED) is 0.592. The number of halogens is 3. The number of nitrogens with one attached hydrogen (secondary N) is 2. The van der Waals surface area contributed by atoms with E-state index < -0.39 is 11.7 Å². The molecule has 3 aliphatic rings. The molecule has 4 N–H and O–H groups in total. The molecule has 2 heterocycles. The molecule has 1 amide bonds. The summed E-state index contributed by atoms with van der Waals surface area (Å²) in [7, 11) is 0. The lowest BCUT2D eigenvalue weighted by molar-refractivity contribution is -0.125.